The van der Waals surface area contributed by atoms with Crippen LogP contribution < -0.4 is 5.73 Å². The molecule has 0 radical (unpaired) electrons. The first-order valence-corrected chi connectivity index (χ1v) is 7.87. The van der Waals surface area contributed by atoms with Gasteiger partial charge in [-0.2, -0.15) is 5.10 Å². The third kappa shape index (κ3) is 3.59. The second-order valence-electron chi connectivity index (χ2n) is 6.38. The first kappa shape index (κ1) is 14.6. The number of aryl methyl sites for hydroxylation is 2. The van der Waals surface area contributed by atoms with Gasteiger partial charge >= 0.3 is 0 Å². The third-order valence-electron chi connectivity index (χ3n) is 4.72. The van der Waals surface area contributed by atoms with Crippen LogP contribution in [0.15, 0.2) is 6.07 Å². The summed E-state index contributed by atoms with van der Waals surface area (Å²) in [5.41, 5.74) is 9.11. The van der Waals surface area contributed by atoms with E-state index in [0.717, 1.165) is 18.8 Å². The molecule has 0 atom stereocenters. The fourth-order valence-corrected chi connectivity index (χ4v) is 3.40. The molecule has 0 unspecified atom stereocenters. The maximum Gasteiger partial charge on any atom is 0.0624 e. The van der Waals surface area contributed by atoms with E-state index in [0.29, 0.717) is 0 Å². The number of nitrogens with zero attached hydrogens (tertiary/aromatic N) is 2. The van der Waals surface area contributed by atoms with Crippen LogP contribution in [0.1, 0.15) is 63.8 Å². The van der Waals surface area contributed by atoms with Gasteiger partial charge in [0.1, 0.15) is 0 Å². The predicted octanol–water partition coefficient (Wildman–Crippen LogP) is 3.21. The Balaban J connectivity index is 1.96. The number of aromatic nitrogens is 2. The van der Waals surface area contributed by atoms with Crippen molar-refractivity contribution in [3.05, 3.63) is 17.5 Å². The van der Waals surface area contributed by atoms with Gasteiger partial charge in [-0.05, 0) is 44.1 Å². The molecule has 1 heterocycles. The van der Waals surface area contributed by atoms with Crippen molar-refractivity contribution in [3.8, 4) is 0 Å². The normalized spacial score (nSPS) is 27.7. The summed E-state index contributed by atoms with van der Waals surface area (Å²) < 4.78 is 2.02. The molecule has 1 aromatic heterocycles. The first-order valence-electron chi connectivity index (χ1n) is 7.87. The summed E-state index contributed by atoms with van der Waals surface area (Å²) in [5.74, 6) is 0.916. The molecule has 3 nitrogen and oxygen atoms in total. The van der Waals surface area contributed by atoms with Gasteiger partial charge in [-0.1, -0.05) is 26.7 Å². The van der Waals surface area contributed by atoms with Crippen LogP contribution >= 0.6 is 0 Å². The molecule has 19 heavy (non-hydrogen) atoms. The number of hydrogen-bond donors (Lipinski definition) is 1. The average Bonchev–Trinajstić information content (AvgIpc) is 2.73. The van der Waals surface area contributed by atoms with Gasteiger partial charge in [-0.3, -0.25) is 4.68 Å². The van der Waals surface area contributed by atoms with Gasteiger partial charge < -0.3 is 5.73 Å². The highest BCUT2D eigenvalue weighted by molar-refractivity contribution is 5.14. The van der Waals surface area contributed by atoms with Crippen LogP contribution in [-0.2, 0) is 19.9 Å². The second kappa shape index (κ2) is 6.08. The Morgan fingerprint density at radius 1 is 1.37 bits per heavy atom. The van der Waals surface area contributed by atoms with Crippen LogP contribution in [0.4, 0.5) is 0 Å². The lowest BCUT2D eigenvalue weighted by Crippen LogP contribution is -2.45. The van der Waals surface area contributed by atoms with Gasteiger partial charge in [0, 0.05) is 24.7 Å². The molecule has 1 aliphatic carbocycles. The SMILES string of the molecule is CCCC1CCC(N)(Cc2cc(CC)nn2C)CC1. The van der Waals surface area contributed by atoms with Crippen LogP contribution in [0.25, 0.3) is 0 Å². The summed E-state index contributed by atoms with van der Waals surface area (Å²) in [6.07, 6.45) is 9.63. The molecule has 1 aliphatic rings. The lowest BCUT2D eigenvalue weighted by molar-refractivity contribution is 0.221. The van der Waals surface area contributed by atoms with Gasteiger partial charge in [-0.25, -0.2) is 0 Å². The molecule has 1 saturated carbocycles. The summed E-state index contributed by atoms with van der Waals surface area (Å²) in [6.45, 7) is 4.44. The lowest BCUT2D eigenvalue weighted by Gasteiger charge is -2.37. The number of rotatable bonds is 5. The maximum absolute atomic E-state index is 6.63. The molecule has 108 valence electrons. The number of hydrogen-bond acceptors (Lipinski definition) is 2. The zero-order valence-electron chi connectivity index (χ0n) is 12.8. The van der Waals surface area contributed by atoms with Crippen LogP contribution in [0.5, 0.6) is 0 Å². The average molecular weight is 263 g/mol. The Hall–Kier alpha value is -0.830. The predicted molar refractivity (Wildman–Crippen MR) is 80.1 cm³/mol. The van der Waals surface area contributed by atoms with Gasteiger partial charge in [-0.15, -0.1) is 0 Å². The summed E-state index contributed by atoms with van der Waals surface area (Å²) in [7, 11) is 2.04. The van der Waals surface area contributed by atoms with Gasteiger partial charge in [0.2, 0.25) is 0 Å². The van der Waals surface area contributed by atoms with Gasteiger partial charge in [0.05, 0.1) is 5.69 Å². The van der Waals surface area contributed by atoms with Crippen LogP contribution in [0, 0.1) is 5.92 Å². The van der Waals surface area contributed by atoms with Crippen molar-refractivity contribution >= 4 is 0 Å². The van der Waals surface area contributed by atoms with Crippen molar-refractivity contribution in [3.63, 3.8) is 0 Å². The largest absolute Gasteiger partial charge is 0.325 e. The Kier molecular flexibility index (Phi) is 4.67. The summed E-state index contributed by atoms with van der Waals surface area (Å²) in [6, 6.07) is 2.23. The van der Waals surface area contributed by atoms with E-state index in [1.54, 1.807) is 0 Å². The minimum Gasteiger partial charge on any atom is -0.325 e. The fourth-order valence-electron chi connectivity index (χ4n) is 3.40. The quantitative estimate of drug-likeness (QED) is 0.886. The van der Waals surface area contributed by atoms with Crippen LogP contribution in [0.3, 0.4) is 0 Å². The van der Waals surface area contributed by atoms with E-state index >= 15 is 0 Å². The fraction of sp³-hybridized carbons (Fsp3) is 0.812. The molecule has 1 fully saturated rings. The highest BCUT2D eigenvalue weighted by Crippen LogP contribution is 2.34. The standard InChI is InChI=1S/C16H29N3/c1-4-6-13-7-9-16(17,10-8-13)12-15-11-14(5-2)18-19(15)3/h11,13H,4-10,12,17H2,1-3H3. The van der Waals surface area contributed by atoms with Crippen molar-refractivity contribution in [2.24, 2.45) is 18.7 Å². The molecule has 1 aromatic rings. The highest BCUT2D eigenvalue weighted by atomic mass is 15.3. The first-order chi connectivity index (χ1) is 9.06. The summed E-state index contributed by atoms with van der Waals surface area (Å²) in [5, 5.41) is 4.53. The van der Waals surface area contributed by atoms with E-state index in [-0.39, 0.29) is 5.54 Å². The van der Waals surface area contributed by atoms with Crippen molar-refractivity contribution < 1.29 is 0 Å². The van der Waals surface area contributed by atoms with E-state index < -0.39 is 0 Å². The topological polar surface area (TPSA) is 43.8 Å². The lowest BCUT2D eigenvalue weighted by atomic mass is 9.73. The molecule has 0 bridgehead atoms. The molecule has 0 spiro atoms. The van der Waals surface area contributed by atoms with Gasteiger partial charge in [0.15, 0.2) is 0 Å². The monoisotopic (exact) mass is 263 g/mol. The Labute approximate surface area is 117 Å². The van der Waals surface area contributed by atoms with Crippen LogP contribution in [0.2, 0.25) is 0 Å². The van der Waals surface area contributed by atoms with Crippen molar-refractivity contribution in [2.45, 2.75) is 70.8 Å². The Morgan fingerprint density at radius 2 is 2.05 bits per heavy atom. The van der Waals surface area contributed by atoms with Crippen molar-refractivity contribution in [2.75, 3.05) is 0 Å². The molecule has 2 rings (SSSR count). The molecule has 0 aliphatic heterocycles. The Bertz CT molecular complexity index is 400. The molecular formula is C16H29N3. The van der Waals surface area contributed by atoms with Crippen molar-refractivity contribution in [1.29, 1.82) is 0 Å². The Morgan fingerprint density at radius 3 is 2.58 bits per heavy atom. The molecule has 0 saturated heterocycles. The molecule has 2 N–H and O–H groups in total. The highest BCUT2D eigenvalue weighted by Gasteiger charge is 2.32. The molecule has 3 heteroatoms. The minimum absolute atomic E-state index is 0.00302. The summed E-state index contributed by atoms with van der Waals surface area (Å²) >= 11 is 0. The maximum atomic E-state index is 6.63. The van der Waals surface area contributed by atoms with E-state index in [2.05, 4.69) is 25.0 Å². The molecule has 0 amide bonds. The third-order valence-corrected chi connectivity index (χ3v) is 4.72. The number of nitrogens with two attached hydrogens (primary N) is 1. The van der Waals surface area contributed by atoms with E-state index in [1.165, 1.54) is 49.9 Å². The zero-order chi connectivity index (χ0) is 13.9. The molecular weight excluding hydrogens is 234 g/mol. The van der Waals surface area contributed by atoms with E-state index in [9.17, 15) is 0 Å². The van der Waals surface area contributed by atoms with Gasteiger partial charge in [0.25, 0.3) is 0 Å². The smallest absolute Gasteiger partial charge is 0.0624 e. The second-order valence-corrected chi connectivity index (χ2v) is 6.38. The van der Waals surface area contributed by atoms with Crippen LogP contribution in [-0.4, -0.2) is 15.3 Å². The van der Waals surface area contributed by atoms with Crippen molar-refractivity contribution in [1.82, 2.24) is 9.78 Å². The molecule has 0 aromatic carbocycles. The minimum atomic E-state index is 0.00302. The van der Waals surface area contributed by atoms with E-state index in [4.69, 9.17) is 5.73 Å². The van der Waals surface area contributed by atoms with E-state index in [1.807, 2.05) is 11.7 Å². The summed E-state index contributed by atoms with van der Waals surface area (Å²) in [4.78, 5) is 0. The zero-order valence-corrected chi connectivity index (χ0v) is 12.8.